The number of benzene rings is 2. The normalized spacial score (nSPS) is 10.9. The lowest BCUT2D eigenvalue weighted by Gasteiger charge is -2.10. The van der Waals surface area contributed by atoms with Crippen molar-refractivity contribution in [3.05, 3.63) is 90.0 Å². The highest BCUT2D eigenvalue weighted by Crippen LogP contribution is 2.15. The summed E-state index contributed by atoms with van der Waals surface area (Å²) in [7, 11) is 1.58. The van der Waals surface area contributed by atoms with Crippen molar-refractivity contribution in [2.45, 2.75) is 0 Å². The predicted octanol–water partition coefficient (Wildman–Crippen LogP) is 3.70. The first-order chi connectivity index (χ1) is 13.2. The van der Waals surface area contributed by atoms with Gasteiger partial charge in [0.2, 0.25) is 0 Å². The Morgan fingerprint density at radius 3 is 2.33 bits per heavy atom. The molecule has 6 heteroatoms. The zero-order valence-corrected chi connectivity index (χ0v) is 14.6. The van der Waals surface area contributed by atoms with Crippen LogP contribution in [0, 0.1) is 0 Å². The molecule has 0 fully saturated rings. The first kappa shape index (κ1) is 18.0. The molecular weight excluding hydrogens is 344 g/mol. The van der Waals surface area contributed by atoms with Gasteiger partial charge in [0.15, 0.2) is 5.76 Å². The van der Waals surface area contributed by atoms with E-state index in [9.17, 15) is 9.59 Å². The molecule has 2 N–H and O–H groups in total. The van der Waals surface area contributed by atoms with Gasteiger partial charge in [-0.3, -0.25) is 9.59 Å². The summed E-state index contributed by atoms with van der Waals surface area (Å²) in [6.07, 6.45) is 2.98. The van der Waals surface area contributed by atoms with Gasteiger partial charge in [-0.15, -0.1) is 0 Å². The van der Waals surface area contributed by atoms with Gasteiger partial charge in [0.25, 0.3) is 11.8 Å². The van der Waals surface area contributed by atoms with Crippen LogP contribution in [0.3, 0.4) is 0 Å². The Hall–Kier alpha value is -3.80. The van der Waals surface area contributed by atoms with Crippen LogP contribution in [0.5, 0.6) is 5.75 Å². The van der Waals surface area contributed by atoms with Crippen molar-refractivity contribution < 1.29 is 18.7 Å². The number of carbonyl (C=O) groups excluding carboxylic acids is 2. The van der Waals surface area contributed by atoms with Crippen molar-refractivity contribution in [2.24, 2.45) is 0 Å². The van der Waals surface area contributed by atoms with Gasteiger partial charge in [-0.05, 0) is 48.0 Å². The maximum Gasteiger partial charge on any atom is 0.291 e. The third kappa shape index (κ3) is 4.85. The lowest BCUT2D eigenvalue weighted by molar-refractivity contribution is -0.113. The van der Waals surface area contributed by atoms with Crippen LogP contribution in [0.4, 0.5) is 5.69 Å². The minimum Gasteiger partial charge on any atom is -0.497 e. The Bertz CT molecular complexity index is 930. The molecule has 0 saturated heterocycles. The van der Waals surface area contributed by atoms with Gasteiger partial charge in [-0.25, -0.2) is 0 Å². The van der Waals surface area contributed by atoms with E-state index in [1.807, 2.05) is 18.2 Å². The molecule has 0 atom stereocenters. The van der Waals surface area contributed by atoms with E-state index in [0.29, 0.717) is 11.4 Å². The molecule has 0 unspecified atom stereocenters. The van der Waals surface area contributed by atoms with E-state index in [-0.39, 0.29) is 11.5 Å². The highest BCUT2D eigenvalue weighted by molar-refractivity contribution is 6.10. The van der Waals surface area contributed by atoms with Gasteiger partial charge in [0, 0.05) is 5.69 Å². The van der Waals surface area contributed by atoms with Crippen LogP contribution < -0.4 is 15.4 Å². The molecule has 0 aliphatic carbocycles. The monoisotopic (exact) mass is 362 g/mol. The fourth-order valence-corrected chi connectivity index (χ4v) is 2.34. The van der Waals surface area contributed by atoms with E-state index in [4.69, 9.17) is 9.15 Å². The largest absolute Gasteiger partial charge is 0.497 e. The van der Waals surface area contributed by atoms with Crippen LogP contribution in [0.25, 0.3) is 6.08 Å². The number of ether oxygens (including phenoxy) is 1. The fourth-order valence-electron chi connectivity index (χ4n) is 2.34. The van der Waals surface area contributed by atoms with Crippen molar-refractivity contribution in [1.82, 2.24) is 5.32 Å². The highest BCUT2D eigenvalue weighted by atomic mass is 16.5. The number of hydrogen-bond donors (Lipinski definition) is 2. The lowest BCUT2D eigenvalue weighted by Crippen LogP contribution is -2.30. The van der Waals surface area contributed by atoms with Crippen molar-refractivity contribution in [2.75, 3.05) is 12.4 Å². The zero-order chi connectivity index (χ0) is 19.1. The number of amides is 2. The Balaban J connectivity index is 1.85. The molecule has 0 aliphatic rings. The van der Waals surface area contributed by atoms with E-state index in [2.05, 4.69) is 10.6 Å². The van der Waals surface area contributed by atoms with Crippen molar-refractivity contribution in [3.63, 3.8) is 0 Å². The topological polar surface area (TPSA) is 80.6 Å². The maximum absolute atomic E-state index is 12.7. The average Bonchev–Trinajstić information content (AvgIpc) is 3.24. The fraction of sp³-hybridized carbons (Fsp3) is 0.0476. The Morgan fingerprint density at radius 1 is 0.963 bits per heavy atom. The standard InChI is InChI=1S/C21H18N2O4/c1-26-17-11-9-15(10-12-17)14-18(23-21(25)19-8-5-13-27-19)20(24)22-16-6-3-2-4-7-16/h2-14H,1H3,(H,22,24)(H,23,25). The summed E-state index contributed by atoms with van der Waals surface area (Å²) in [5.74, 6) is -0.148. The molecule has 2 aromatic carbocycles. The lowest BCUT2D eigenvalue weighted by atomic mass is 10.1. The van der Waals surface area contributed by atoms with Crippen LogP contribution in [-0.4, -0.2) is 18.9 Å². The Kier molecular flexibility index (Phi) is 5.69. The number of anilines is 1. The van der Waals surface area contributed by atoms with Crippen molar-refractivity contribution >= 4 is 23.6 Å². The number of para-hydroxylation sites is 1. The molecule has 3 rings (SSSR count). The minimum atomic E-state index is -0.511. The molecule has 0 saturated carbocycles. The van der Waals surface area contributed by atoms with E-state index in [1.54, 1.807) is 55.7 Å². The molecule has 136 valence electrons. The van der Waals surface area contributed by atoms with E-state index in [1.165, 1.54) is 12.3 Å². The predicted molar refractivity (Wildman–Crippen MR) is 102 cm³/mol. The van der Waals surface area contributed by atoms with Crippen LogP contribution in [0.15, 0.2) is 83.1 Å². The van der Waals surface area contributed by atoms with Crippen LogP contribution in [-0.2, 0) is 4.79 Å². The minimum absolute atomic E-state index is 0.0884. The molecule has 0 radical (unpaired) electrons. The number of methoxy groups -OCH3 is 1. The van der Waals surface area contributed by atoms with Gasteiger partial charge < -0.3 is 19.8 Å². The SMILES string of the molecule is COc1ccc(C=C(NC(=O)c2ccco2)C(=O)Nc2ccccc2)cc1. The smallest absolute Gasteiger partial charge is 0.291 e. The summed E-state index contributed by atoms with van der Waals surface area (Å²) in [4.78, 5) is 25.0. The Morgan fingerprint density at radius 2 is 1.70 bits per heavy atom. The van der Waals surface area contributed by atoms with Gasteiger partial charge in [-0.2, -0.15) is 0 Å². The molecule has 0 aliphatic heterocycles. The van der Waals surface area contributed by atoms with Crippen molar-refractivity contribution in [3.8, 4) is 5.75 Å². The summed E-state index contributed by atoms with van der Waals surface area (Å²) in [6.45, 7) is 0. The molecule has 1 aromatic heterocycles. The summed E-state index contributed by atoms with van der Waals surface area (Å²) >= 11 is 0. The summed E-state index contributed by atoms with van der Waals surface area (Å²) in [6, 6.07) is 19.2. The van der Waals surface area contributed by atoms with Crippen LogP contribution in [0.1, 0.15) is 16.1 Å². The zero-order valence-electron chi connectivity index (χ0n) is 14.6. The maximum atomic E-state index is 12.7. The summed E-state index contributed by atoms with van der Waals surface area (Å²) in [5.41, 5.74) is 1.44. The quantitative estimate of drug-likeness (QED) is 0.655. The van der Waals surface area contributed by atoms with E-state index < -0.39 is 11.8 Å². The number of rotatable bonds is 6. The third-order valence-corrected chi connectivity index (χ3v) is 3.70. The molecule has 0 spiro atoms. The van der Waals surface area contributed by atoms with E-state index >= 15 is 0 Å². The van der Waals surface area contributed by atoms with Crippen LogP contribution in [0.2, 0.25) is 0 Å². The molecule has 0 bridgehead atoms. The number of nitrogens with one attached hydrogen (secondary N) is 2. The number of hydrogen-bond acceptors (Lipinski definition) is 4. The second-order valence-corrected chi connectivity index (χ2v) is 5.58. The molecule has 3 aromatic rings. The summed E-state index contributed by atoms with van der Waals surface area (Å²) < 4.78 is 10.2. The first-order valence-corrected chi connectivity index (χ1v) is 8.23. The van der Waals surface area contributed by atoms with Crippen molar-refractivity contribution in [1.29, 1.82) is 0 Å². The number of carbonyl (C=O) groups is 2. The Labute approximate surface area is 156 Å². The second-order valence-electron chi connectivity index (χ2n) is 5.58. The highest BCUT2D eigenvalue weighted by Gasteiger charge is 2.16. The second kappa shape index (κ2) is 8.53. The van der Waals surface area contributed by atoms with Gasteiger partial charge in [-0.1, -0.05) is 30.3 Å². The van der Waals surface area contributed by atoms with E-state index in [0.717, 1.165) is 5.56 Å². The average molecular weight is 362 g/mol. The molecule has 6 nitrogen and oxygen atoms in total. The van der Waals surface area contributed by atoms with Crippen LogP contribution >= 0.6 is 0 Å². The molecule has 1 heterocycles. The molecule has 2 amide bonds. The van der Waals surface area contributed by atoms with Gasteiger partial charge >= 0.3 is 0 Å². The third-order valence-electron chi connectivity index (χ3n) is 3.70. The summed E-state index contributed by atoms with van der Waals surface area (Å²) in [5, 5.41) is 5.36. The first-order valence-electron chi connectivity index (χ1n) is 8.23. The number of furan rings is 1. The van der Waals surface area contributed by atoms with Gasteiger partial charge in [0.05, 0.1) is 13.4 Å². The molecular formula is C21H18N2O4. The van der Waals surface area contributed by atoms with Gasteiger partial charge in [0.1, 0.15) is 11.4 Å². The molecule has 27 heavy (non-hydrogen) atoms.